The van der Waals surface area contributed by atoms with Crippen LogP contribution in [0.5, 0.6) is 11.5 Å². The number of hydrogen-bond acceptors (Lipinski definition) is 8. The zero-order valence-corrected chi connectivity index (χ0v) is 37.2. The summed E-state index contributed by atoms with van der Waals surface area (Å²) in [5, 5.41) is 20.3. The number of aliphatic hydroxyl groups is 2. The molecule has 0 saturated heterocycles. The molecular weight excluding hydrogens is 832 g/mol. The van der Waals surface area contributed by atoms with Crippen LogP contribution in [0.15, 0.2) is 36.4 Å². The van der Waals surface area contributed by atoms with Gasteiger partial charge in [-0.15, -0.1) is 0 Å². The summed E-state index contributed by atoms with van der Waals surface area (Å²) in [7, 11) is -4.03. The van der Waals surface area contributed by atoms with E-state index in [0.29, 0.717) is 45.5 Å². The highest BCUT2D eigenvalue weighted by Gasteiger charge is 2.39. The molecule has 0 atom stereocenters. The maximum atomic E-state index is 14.0. The fourth-order valence-electron chi connectivity index (χ4n) is 8.58. The number of hydrogen-bond donors (Lipinski definition) is 2. The number of sulfonamides is 1. The van der Waals surface area contributed by atoms with Gasteiger partial charge in [-0.3, -0.25) is 0 Å². The molecule has 3 aliphatic rings. The monoisotopic (exact) mass is 878 g/mol. The average molecular weight is 881 g/mol. The number of esters is 1. The lowest BCUT2D eigenvalue weighted by atomic mass is 9.83. The molecule has 2 N–H and O–H groups in total. The van der Waals surface area contributed by atoms with Gasteiger partial charge in [-0.05, 0) is 70.9 Å². The van der Waals surface area contributed by atoms with Gasteiger partial charge >= 0.3 is 5.97 Å². The number of carbonyl (C=O) groups excluding carboxylic acids is 1. The smallest absolute Gasteiger partial charge is 0.340 e. The number of anilines is 1. The number of likely N-dealkylation sites (N-methyl/N-ethyl adjacent to an activating group) is 2. The zero-order chi connectivity index (χ0) is 41.9. The predicted octanol–water partition coefficient (Wildman–Crippen LogP) is 7.15. The Morgan fingerprint density at radius 3 is 2.12 bits per heavy atom. The van der Waals surface area contributed by atoms with Crippen LogP contribution in [0.4, 0.5) is 5.69 Å². The summed E-state index contributed by atoms with van der Waals surface area (Å²) < 4.78 is 43.6. The third-order valence-electron chi connectivity index (χ3n) is 10.9. The molecule has 3 aromatic carbocycles. The van der Waals surface area contributed by atoms with Crippen molar-refractivity contribution in [1.82, 2.24) is 8.88 Å². The van der Waals surface area contributed by atoms with E-state index in [2.05, 4.69) is 43.2 Å². The van der Waals surface area contributed by atoms with Crippen molar-refractivity contribution in [2.75, 3.05) is 56.7 Å². The molecule has 0 amide bonds. The minimum atomic E-state index is -4.03. The maximum absolute atomic E-state index is 14.0. The summed E-state index contributed by atoms with van der Waals surface area (Å²) in [5.74, 6) is -0.256. The first-order valence-corrected chi connectivity index (χ1v) is 22.0. The summed E-state index contributed by atoms with van der Waals surface area (Å²) in [6.07, 6.45) is 4.14. The highest BCUT2D eigenvalue weighted by atomic mass is 35.5. The van der Waals surface area contributed by atoms with Gasteiger partial charge in [-0.1, -0.05) is 52.5 Å². The van der Waals surface area contributed by atoms with Crippen LogP contribution in [-0.4, -0.2) is 91.7 Å². The largest absolute Gasteiger partial charge is 0.462 e. The predicted molar refractivity (Wildman–Crippen MR) is 230 cm³/mol. The van der Waals surface area contributed by atoms with Gasteiger partial charge in [0.25, 0.3) is 0 Å². The van der Waals surface area contributed by atoms with Gasteiger partial charge in [0.1, 0.15) is 18.0 Å². The topological polar surface area (TPSA) is 120 Å². The minimum absolute atomic E-state index is 0.0275. The van der Waals surface area contributed by atoms with E-state index in [-0.39, 0.29) is 56.5 Å². The number of rotatable bonds is 12. The van der Waals surface area contributed by atoms with E-state index >= 15 is 0 Å². The molecular formula is C42H48Cl4N3O7S+. The van der Waals surface area contributed by atoms with E-state index in [1.54, 1.807) is 6.92 Å². The van der Waals surface area contributed by atoms with Crippen LogP contribution < -0.4 is 24.8 Å². The van der Waals surface area contributed by atoms with Crippen molar-refractivity contribution < 1.29 is 32.9 Å². The number of allylic oxidation sites excluding steroid dienone is 1. The van der Waals surface area contributed by atoms with Gasteiger partial charge in [0.05, 0.1) is 68.4 Å². The Bertz CT molecular complexity index is 2490. The highest BCUT2D eigenvalue weighted by Crippen LogP contribution is 2.50. The van der Waals surface area contributed by atoms with Crippen molar-refractivity contribution in [2.45, 2.75) is 66.5 Å². The van der Waals surface area contributed by atoms with Crippen LogP contribution >= 0.6 is 46.4 Å². The molecule has 3 heterocycles. The summed E-state index contributed by atoms with van der Waals surface area (Å²) in [5.41, 5.74) is 4.27. The van der Waals surface area contributed by atoms with Crippen LogP contribution in [0.1, 0.15) is 88.0 Å². The van der Waals surface area contributed by atoms with E-state index in [4.69, 9.17) is 55.9 Å². The number of carbonyl (C=O) groups is 1. The molecule has 306 valence electrons. The Kier molecular flexibility index (Phi) is 12.3. The van der Waals surface area contributed by atoms with E-state index in [9.17, 15) is 23.4 Å². The molecule has 10 nitrogen and oxygen atoms in total. The molecule has 57 heavy (non-hydrogen) atoms. The zero-order valence-electron chi connectivity index (χ0n) is 33.3. The molecule has 0 aromatic heterocycles. The normalized spacial score (nSPS) is 16.6. The SMILES string of the molecule is CCOC(=O)c1c(Cl)c(Cl)c(Cl)c(Cl)c1C1=c2cc3c(cc2Oc2cc4c(cc21)C(C)=CC(C)(C)N4CC)=[N+](CC)C(C)(C)C=C3CS(=O)(=O)N(CCO)CCO. The first-order chi connectivity index (χ1) is 26.8. The lowest BCUT2D eigenvalue weighted by molar-refractivity contribution is 0.0526. The Morgan fingerprint density at radius 1 is 0.877 bits per heavy atom. The molecule has 0 spiro atoms. The lowest BCUT2D eigenvalue weighted by Gasteiger charge is -2.43. The van der Waals surface area contributed by atoms with Gasteiger partial charge in [0.15, 0.2) is 5.54 Å². The summed E-state index contributed by atoms with van der Waals surface area (Å²) in [6.45, 7) is 16.4. The minimum Gasteiger partial charge on any atom is -0.462 e. The van der Waals surface area contributed by atoms with Crippen LogP contribution in [0.25, 0.3) is 16.7 Å². The van der Waals surface area contributed by atoms with Crippen LogP contribution in [0.3, 0.4) is 0 Å². The van der Waals surface area contributed by atoms with Crippen LogP contribution in [0.2, 0.25) is 20.1 Å². The van der Waals surface area contributed by atoms with Crippen molar-refractivity contribution in [1.29, 1.82) is 0 Å². The standard InChI is InChI=1S/C42H48Cl4N3O7S/c1-9-48-29-18-31-27(16-25(29)23(4)20-41(48,5)6)33(34-35(40(52)55-11-3)37(44)39(46)38(45)36(34)43)28-17-26-24(22-57(53,54)47(12-14-50)13-15-51)21-42(7,8)49(10-2)30(26)19-32(28)56-31/h16-21,50-51H,9-15,22H2,1-8H3/q+1. The van der Waals surface area contributed by atoms with Crippen LogP contribution in [0, 0.1) is 0 Å². The number of halogens is 4. The molecule has 3 aliphatic heterocycles. The van der Waals surface area contributed by atoms with E-state index < -0.39 is 40.5 Å². The number of benzene rings is 3. The van der Waals surface area contributed by atoms with Crippen molar-refractivity contribution in [3.05, 3.63) is 94.9 Å². The quantitative estimate of drug-likeness (QED) is 0.0667. The Labute approximate surface area is 354 Å². The highest BCUT2D eigenvalue weighted by molar-refractivity contribution is 7.89. The molecule has 3 aromatic rings. The van der Waals surface area contributed by atoms with Gasteiger partial charge in [-0.2, -0.15) is 4.31 Å². The Hall–Kier alpha value is -3.13. The van der Waals surface area contributed by atoms with E-state index in [0.717, 1.165) is 33.0 Å². The Morgan fingerprint density at radius 2 is 1.53 bits per heavy atom. The second-order valence-electron chi connectivity index (χ2n) is 15.3. The summed E-state index contributed by atoms with van der Waals surface area (Å²) in [4.78, 5) is 16.2. The second kappa shape index (κ2) is 16.1. The molecule has 15 heteroatoms. The van der Waals surface area contributed by atoms with Crippen molar-refractivity contribution >= 4 is 84.8 Å². The van der Waals surface area contributed by atoms with Crippen molar-refractivity contribution in [3.8, 4) is 11.5 Å². The van der Waals surface area contributed by atoms with Crippen molar-refractivity contribution in [3.63, 3.8) is 0 Å². The number of ether oxygens (including phenoxy) is 2. The van der Waals surface area contributed by atoms with Gasteiger partial charge < -0.3 is 24.6 Å². The maximum Gasteiger partial charge on any atom is 0.340 e. The fraction of sp³-hybridized carbons (Fsp3) is 0.429. The number of nitrogens with zero attached hydrogens (tertiary/aromatic N) is 3. The van der Waals surface area contributed by atoms with Gasteiger partial charge in [0, 0.05) is 72.7 Å². The summed E-state index contributed by atoms with van der Waals surface area (Å²) in [6, 6.07) is 7.76. The van der Waals surface area contributed by atoms with Gasteiger partial charge in [-0.25, -0.2) is 17.8 Å². The summed E-state index contributed by atoms with van der Waals surface area (Å²) >= 11 is 27.5. The van der Waals surface area contributed by atoms with Gasteiger partial charge in [0.2, 0.25) is 15.4 Å². The third-order valence-corrected chi connectivity index (χ3v) is 14.5. The first-order valence-electron chi connectivity index (χ1n) is 18.9. The third kappa shape index (κ3) is 7.52. The lowest BCUT2D eigenvalue weighted by Crippen LogP contribution is -2.50. The van der Waals surface area contributed by atoms with Crippen molar-refractivity contribution in [2.24, 2.45) is 0 Å². The second-order valence-corrected chi connectivity index (χ2v) is 18.8. The molecule has 0 bridgehead atoms. The molecule has 0 saturated carbocycles. The molecule has 0 aliphatic carbocycles. The number of aliphatic hydroxyl groups excluding tert-OH is 2. The fourth-order valence-corrected chi connectivity index (χ4v) is 11.1. The molecule has 0 unspecified atom stereocenters. The van der Waals surface area contributed by atoms with E-state index in [1.807, 2.05) is 51.1 Å². The number of fused-ring (bicyclic) bond motifs is 4. The molecule has 0 radical (unpaired) electrons. The van der Waals surface area contributed by atoms with E-state index in [1.165, 1.54) is 0 Å². The average Bonchev–Trinajstić information content (AvgIpc) is 3.13. The molecule has 6 rings (SSSR count). The Balaban J connectivity index is 1.80. The first kappa shape index (κ1) is 43.4. The van der Waals surface area contributed by atoms with Crippen LogP contribution in [-0.2, 0) is 14.8 Å². The molecule has 0 fully saturated rings.